The molecule has 0 aliphatic rings. The molecule has 0 radical (unpaired) electrons. The number of aliphatic hydroxyl groups is 1. The Bertz CT molecular complexity index is 331. The molecule has 0 bridgehead atoms. The van der Waals surface area contributed by atoms with Gasteiger partial charge in [-0.05, 0) is 19.2 Å². The SMILES string of the molecule is CNCC(O)c1c(O)ccc(F)c1F. The number of benzene rings is 1. The van der Waals surface area contributed by atoms with Crippen LogP contribution in [-0.4, -0.2) is 23.8 Å². The van der Waals surface area contributed by atoms with Crippen LogP contribution in [-0.2, 0) is 0 Å². The van der Waals surface area contributed by atoms with Gasteiger partial charge < -0.3 is 15.5 Å². The van der Waals surface area contributed by atoms with Gasteiger partial charge in [0.05, 0.1) is 11.7 Å². The topological polar surface area (TPSA) is 52.5 Å². The molecule has 0 fully saturated rings. The molecule has 14 heavy (non-hydrogen) atoms. The Balaban J connectivity index is 3.11. The van der Waals surface area contributed by atoms with Gasteiger partial charge in [0.15, 0.2) is 11.6 Å². The van der Waals surface area contributed by atoms with Crippen molar-refractivity contribution in [2.45, 2.75) is 6.10 Å². The summed E-state index contributed by atoms with van der Waals surface area (Å²) >= 11 is 0. The van der Waals surface area contributed by atoms with E-state index in [1.54, 1.807) is 7.05 Å². The predicted octanol–water partition coefficient (Wildman–Crippen LogP) is 0.923. The molecule has 0 heterocycles. The van der Waals surface area contributed by atoms with Crippen molar-refractivity contribution in [3.05, 3.63) is 29.3 Å². The van der Waals surface area contributed by atoms with Crippen molar-refractivity contribution in [3.63, 3.8) is 0 Å². The molecule has 78 valence electrons. The van der Waals surface area contributed by atoms with Crippen LogP contribution in [0.2, 0.25) is 0 Å². The number of rotatable bonds is 3. The van der Waals surface area contributed by atoms with Crippen molar-refractivity contribution in [2.75, 3.05) is 13.6 Å². The molecule has 0 aliphatic heterocycles. The first-order chi connectivity index (χ1) is 6.57. The normalized spacial score (nSPS) is 12.9. The van der Waals surface area contributed by atoms with Gasteiger partial charge in [0.2, 0.25) is 0 Å². The van der Waals surface area contributed by atoms with E-state index in [-0.39, 0.29) is 6.54 Å². The molecule has 0 spiro atoms. The van der Waals surface area contributed by atoms with Gasteiger partial charge >= 0.3 is 0 Å². The van der Waals surface area contributed by atoms with E-state index in [0.29, 0.717) is 0 Å². The molecule has 5 heteroatoms. The number of aliphatic hydroxyl groups excluding tert-OH is 1. The van der Waals surface area contributed by atoms with E-state index in [1.165, 1.54) is 0 Å². The standard InChI is InChI=1S/C9H11F2NO2/c1-12-4-7(14)8-6(13)3-2-5(10)9(8)11/h2-3,7,12-14H,4H2,1H3. The summed E-state index contributed by atoms with van der Waals surface area (Å²) in [6.07, 6.45) is -1.27. The van der Waals surface area contributed by atoms with Crippen LogP contribution >= 0.6 is 0 Å². The Morgan fingerprint density at radius 2 is 2.07 bits per heavy atom. The van der Waals surface area contributed by atoms with Gasteiger partial charge in [0.1, 0.15) is 5.75 Å². The molecule has 0 saturated heterocycles. The molecule has 0 amide bonds. The lowest BCUT2D eigenvalue weighted by molar-refractivity contribution is 0.167. The van der Waals surface area contributed by atoms with Gasteiger partial charge in [-0.3, -0.25) is 0 Å². The fourth-order valence-corrected chi connectivity index (χ4v) is 1.17. The number of hydrogen-bond acceptors (Lipinski definition) is 3. The largest absolute Gasteiger partial charge is 0.507 e. The Morgan fingerprint density at radius 3 is 2.64 bits per heavy atom. The highest BCUT2D eigenvalue weighted by molar-refractivity contribution is 5.36. The highest BCUT2D eigenvalue weighted by Crippen LogP contribution is 2.28. The summed E-state index contributed by atoms with van der Waals surface area (Å²) in [4.78, 5) is 0. The minimum Gasteiger partial charge on any atom is -0.507 e. The Morgan fingerprint density at radius 1 is 1.43 bits per heavy atom. The number of hydrogen-bond donors (Lipinski definition) is 3. The Kier molecular flexibility index (Phi) is 3.38. The average Bonchev–Trinajstić information content (AvgIpc) is 2.13. The first-order valence-electron chi connectivity index (χ1n) is 4.07. The molecule has 1 rings (SSSR count). The summed E-state index contributed by atoms with van der Waals surface area (Å²) in [7, 11) is 1.55. The minimum absolute atomic E-state index is 0.0356. The monoisotopic (exact) mass is 203 g/mol. The van der Waals surface area contributed by atoms with Crippen molar-refractivity contribution in [2.24, 2.45) is 0 Å². The Labute approximate surface area is 80.0 Å². The van der Waals surface area contributed by atoms with Crippen molar-refractivity contribution in [1.29, 1.82) is 0 Å². The van der Waals surface area contributed by atoms with Crippen molar-refractivity contribution >= 4 is 0 Å². The molecular weight excluding hydrogens is 192 g/mol. The minimum atomic E-state index is -1.27. The predicted molar refractivity (Wildman–Crippen MR) is 46.9 cm³/mol. The summed E-state index contributed by atoms with van der Waals surface area (Å²) in [5, 5.41) is 21.2. The lowest BCUT2D eigenvalue weighted by Gasteiger charge is -2.13. The molecule has 0 saturated carbocycles. The molecule has 3 nitrogen and oxygen atoms in total. The maximum Gasteiger partial charge on any atom is 0.168 e. The number of aromatic hydroxyl groups is 1. The first-order valence-corrected chi connectivity index (χ1v) is 4.07. The van der Waals surface area contributed by atoms with Crippen LogP contribution in [0.5, 0.6) is 5.75 Å². The van der Waals surface area contributed by atoms with E-state index < -0.39 is 29.1 Å². The Hall–Kier alpha value is -1.20. The van der Waals surface area contributed by atoms with Gasteiger partial charge in [0, 0.05) is 6.54 Å². The average molecular weight is 203 g/mol. The van der Waals surface area contributed by atoms with E-state index in [9.17, 15) is 19.0 Å². The second-order valence-electron chi connectivity index (χ2n) is 2.87. The summed E-state index contributed by atoms with van der Waals surface area (Å²) in [6.45, 7) is 0.0356. The summed E-state index contributed by atoms with van der Waals surface area (Å²) in [5.74, 6) is -2.76. The number of nitrogens with one attached hydrogen (secondary N) is 1. The van der Waals surface area contributed by atoms with Crippen LogP contribution in [0.25, 0.3) is 0 Å². The van der Waals surface area contributed by atoms with Crippen molar-refractivity contribution in [1.82, 2.24) is 5.32 Å². The van der Waals surface area contributed by atoms with Crippen LogP contribution in [0.15, 0.2) is 12.1 Å². The van der Waals surface area contributed by atoms with Crippen molar-refractivity contribution < 1.29 is 19.0 Å². The second kappa shape index (κ2) is 4.34. The van der Waals surface area contributed by atoms with E-state index in [2.05, 4.69) is 5.32 Å². The van der Waals surface area contributed by atoms with Crippen LogP contribution in [0.4, 0.5) is 8.78 Å². The van der Waals surface area contributed by atoms with E-state index in [4.69, 9.17) is 0 Å². The molecule has 0 aromatic heterocycles. The number of likely N-dealkylation sites (N-methyl/N-ethyl adjacent to an activating group) is 1. The fourth-order valence-electron chi connectivity index (χ4n) is 1.17. The van der Waals surface area contributed by atoms with Crippen molar-refractivity contribution in [3.8, 4) is 5.75 Å². The lowest BCUT2D eigenvalue weighted by Crippen LogP contribution is -2.18. The van der Waals surface area contributed by atoms with E-state index in [1.807, 2.05) is 0 Å². The number of phenolic OH excluding ortho intramolecular Hbond substituents is 1. The quantitative estimate of drug-likeness (QED) is 0.684. The molecule has 3 N–H and O–H groups in total. The van der Waals surface area contributed by atoms with E-state index >= 15 is 0 Å². The number of phenols is 1. The van der Waals surface area contributed by atoms with Gasteiger partial charge in [-0.2, -0.15) is 0 Å². The molecule has 0 aliphatic carbocycles. The molecule has 1 aromatic rings. The third kappa shape index (κ3) is 2.00. The van der Waals surface area contributed by atoms with Crippen LogP contribution in [0.3, 0.4) is 0 Å². The molecule has 1 aromatic carbocycles. The zero-order chi connectivity index (χ0) is 10.7. The third-order valence-electron chi connectivity index (χ3n) is 1.84. The van der Waals surface area contributed by atoms with Gasteiger partial charge in [0.25, 0.3) is 0 Å². The van der Waals surface area contributed by atoms with Crippen LogP contribution in [0.1, 0.15) is 11.7 Å². The number of halogens is 2. The third-order valence-corrected chi connectivity index (χ3v) is 1.84. The first kappa shape index (κ1) is 10.9. The summed E-state index contributed by atoms with van der Waals surface area (Å²) < 4.78 is 25.9. The molecule has 1 atom stereocenters. The smallest absolute Gasteiger partial charge is 0.168 e. The maximum atomic E-state index is 13.1. The maximum absolute atomic E-state index is 13.1. The lowest BCUT2D eigenvalue weighted by atomic mass is 10.1. The van der Waals surface area contributed by atoms with Crippen LogP contribution in [0, 0.1) is 11.6 Å². The zero-order valence-electron chi connectivity index (χ0n) is 7.59. The zero-order valence-corrected chi connectivity index (χ0v) is 7.59. The van der Waals surface area contributed by atoms with E-state index in [0.717, 1.165) is 12.1 Å². The van der Waals surface area contributed by atoms with Gasteiger partial charge in [-0.25, -0.2) is 8.78 Å². The highest BCUT2D eigenvalue weighted by atomic mass is 19.2. The van der Waals surface area contributed by atoms with Gasteiger partial charge in [-0.15, -0.1) is 0 Å². The van der Waals surface area contributed by atoms with Crippen LogP contribution < -0.4 is 5.32 Å². The van der Waals surface area contributed by atoms with Gasteiger partial charge in [-0.1, -0.05) is 0 Å². The fraction of sp³-hybridized carbons (Fsp3) is 0.333. The highest BCUT2D eigenvalue weighted by Gasteiger charge is 2.19. The molecular formula is C9H11F2NO2. The summed E-state index contributed by atoms with van der Waals surface area (Å²) in [5.41, 5.74) is -0.417. The molecule has 1 unspecified atom stereocenters. The second-order valence-corrected chi connectivity index (χ2v) is 2.87. The summed E-state index contributed by atoms with van der Waals surface area (Å²) in [6, 6.07) is 1.81.